The molecule has 4 nitrogen and oxygen atoms in total. The van der Waals surface area contributed by atoms with Crippen LogP contribution in [0.3, 0.4) is 0 Å². The molecule has 0 radical (unpaired) electrons. The predicted octanol–water partition coefficient (Wildman–Crippen LogP) is 2.66. The lowest BCUT2D eigenvalue weighted by Crippen LogP contribution is -2.22. The summed E-state index contributed by atoms with van der Waals surface area (Å²) in [7, 11) is 0. The third kappa shape index (κ3) is 4.53. The molecule has 0 fully saturated rings. The number of carboxylic acid groups (broad SMARTS) is 1. The Labute approximate surface area is 105 Å². The molecule has 1 aromatic carbocycles. The van der Waals surface area contributed by atoms with E-state index in [4.69, 9.17) is 5.11 Å². The number of hydrogen-bond donors (Lipinski definition) is 2. The van der Waals surface area contributed by atoms with Crippen molar-refractivity contribution < 1.29 is 19.1 Å². The fraction of sp³-hybridized carbons (Fsp3) is 0.385. The fourth-order valence-corrected chi connectivity index (χ4v) is 1.63. The number of rotatable bonds is 6. The second-order valence-electron chi connectivity index (χ2n) is 4.08. The second-order valence-corrected chi connectivity index (χ2v) is 4.08. The van der Waals surface area contributed by atoms with Crippen LogP contribution >= 0.6 is 0 Å². The van der Waals surface area contributed by atoms with Crippen LogP contribution in [0.1, 0.15) is 26.2 Å². The largest absolute Gasteiger partial charge is 0.481 e. The van der Waals surface area contributed by atoms with Gasteiger partial charge in [0.2, 0.25) is 5.91 Å². The first-order valence-electron chi connectivity index (χ1n) is 5.81. The van der Waals surface area contributed by atoms with Gasteiger partial charge in [0.25, 0.3) is 0 Å². The Balaban J connectivity index is 2.54. The molecular weight excluding hydrogens is 237 g/mol. The van der Waals surface area contributed by atoms with Gasteiger partial charge in [0.1, 0.15) is 5.82 Å². The Morgan fingerprint density at radius 2 is 1.94 bits per heavy atom. The van der Waals surface area contributed by atoms with Gasteiger partial charge in [-0.2, -0.15) is 0 Å². The number of carbonyl (C=O) groups is 2. The van der Waals surface area contributed by atoms with Crippen molar-refractivity contribution in [2.45, 2.75) is 26.2 Å². The van der Waals surface area contributed by atoms with Gasteiger partial charge in [-0.05, 0) is 30.7 Å². The highest BCUT2D eigenvalue weighted by Gasteiger charge is 2.20. The van der Waals surface area contributed by atoms with Crippen molar-refractivity contribution in [3.8, 4) is 0 Å². The first-order valence-corrected chi connectivity index (χ1v) is 5.81. The maximum absolute atomic E-state index is 12.7. The third-order valence-corrected chi connectivity index (χ3v) is 2.55. The summed E-state index contributed by atoms with van der Waals surface area (Å²) in [5, 5.41) is 11.5. The monoisotopic (exact) mass is 253 g/mol. The molecule has 2 N–H and O–H groups in total. The zero-order valence-corrected chi connectivity index (χ0v) is 10.1. The maximum Gasteiger partial charge on any atom is 0.307 e. The van der Waals surface area contributed by atoms with Crippen LogP contribution in [0, 0.1) is 11.7 Å². The van der Waals surface area contributed by atoms with Crippen molar-refractivity contribution in [2.75, 3.05) is 5.32 Å². The van der Waals surface area contributed by atoms with Crippen molar-refractivity contribution in [3.05, 3.63) is 30.1 Å². The highest BCUT2D eigenvalue weighted by atomic mass is 19.1. The first-order chi connectivity index (χ1) is 8.52. The van der Waals surface area contributed by atoms with Crippen LogP contribution in [-0.4, -0.2) is 17.0 Å². The summed E-state index contributed by atoms with van der Waals surface area (Å²) in [6.45, 7) is 1.87. The predicted molar refractivity (Wildman–Crippen MR) is 65.7 cm³/mol. The first kappa shape index (κ1) is 14.2. The van der Waals surface area contributed by atoms with Gasteiger partial charge in [0.05, 0.1) is 5.92 Å². The molecule has 0 aliphatic rings. The second kappa shape index (κ2) is 6.74. The Morgan fingerprint density at radius 3 is 2.44 bits per heavy atom. The number of nitrogens with one attached hydrogen (secondary N) is 1. The molecule has 1 amide bonds. The molecule has 0 aromatic heterocycles. The number of aliphatic carboxylic acids is 1. The van der Waals surface area contributed by atoms with Crippen LogP contribution in [0.15, 0.2) is 24.3 Å². The molecule has 0 aliphatic carbocycles. The summed E-state index contributed by atoms with van der Waals surface area (Å²) in [6.07, 6.45) is 1.10. The van der Waals surface area contributed by atoms with E-state index in [0.29, 0.717) is 18.5 Å². The number of carboxylic acids is 1. The van der Waals surface area contributed by atoms with Gasteiger partial charge in [0, 0.05) is 12.1 Å². The van der Waals surface area contributed by atoms with Crippen molar-refractivity contribution in [3.63, 3.8) is 0 Å². The zero-order chi connectivity index (χ0) is 13.5. The van der Waals surface area contributed by atoms with E-state index in [1.54, 1.807) is 0 Å². The van der Waals surface area contributed by atoms with Crippen molar-refractivity contribution >= 4 is 17.6 Å². The molecule has 18 heavy (non-hydrogen) atoms. The van der Waals surface area contributed by atoms with Gasteiger partial charge in [-0.3, -0.25) is 9.59 Å². The number of hydrogen-bond acceptors (Lipinski definition) is 2. The highest BCUT2D eigenvalue weighted by Crippen LogP contribution is 2.14. The molecule has 98 valence electrons. The minimum atomic E-state index is -0.967. The van der Waals surface area contributed by atoms with Gasteiger partial charge >= 0.3 is 5.97 Å². The number of carbonyl (C=O) groups excluding carboxylic acids is 1. The SMILES string of the molecule is CCCC(CC(=O)Nc1ccc(F)cc1)C(=O)O. The van der Waals surface area contributed by atoms with E-state index in [2.05, 4.69) is 5.32 Å². The molecule has 0 heterocycles. The van der Waals surface area contributed by atoms with Gasteiger partial charge in [-0.15, -0.1) is 0 Å². The molecule has 5 heteroatoms. The van der Waals surface area contributed by atoms with E-state index in [1.165, 1.54) is 24.3 Å². The van der Waals surface area contributed by atoms with Crippen molar-refractivity contribution in [1.29, 1.82) is 0 Å². The van der Waals surface area contributed by atoms with Crippen molar-refractivity contribution in [1.82, 2.24) is 0 Å². The standard InChI is InChI=1S/C13H16FNO3/c1-2-3-9(13(17)18)8-12(16)15-11-6-4-10(14)5-7-11/h4-7,9H,2-3,8H2,1H3,(H,15,16)(H,17,18). The van der Waals surface area contributed by atoms with Crippen molar-refractivity contribution in [2.24, 2.45) is 5.92 Å². The molecular formula is C13H16FNO3. The number of halogens is 1. The van der Waals surface area contributed by atoms with Crippen LogP contribution < -0.4 is 5.32 Å². The van der Waals surface area contributed by atoms with Crippen LogP contribution in [0.5, 0.6) is 0 Å². The maximum atomic E-state index is 12.7. The zero-order valence-electron chi connectivity index (χ0n) is 10.1. The Morgan fingerprint density at radius 1 is 1.33 bits per heavy atom. The number of benzene rings is 1. The molecule has 1 aromatic rings. The quantitative estimate of drug-likeness (QED) is 0.819. The molecule has 0 saturated heterocycles. The number of anilines is 1. The van der Waals surface area contributed by atoms with Crippen LogP contribution in [-0.2, 0) is 9.59 Å². The number of amides is 1. The lowest BCUT2D eigenvalue weighted by molar-refractivity contribution is -0.143. The fourth-order valence-electron chi connectivity index (χ4n) is 1.63. The van der Waals surface area contributed by atoms with Gasteiger partial charge in [-0.25, -0.2) is 4.39 Å². The van der Waals surface area contributed by atoms with E-state index in [1.807, 2.05) is 6.92 Å². The van der Waals surface area contributed by atoms with Crippen LogP contribution in [0.25, 0.3) is 0 Å². The summed E-state index contributed by atoms with van der Waals surface area (Å²) in [5.74, 6) is -2.40. The van der Waals surface area contributed by atoms with Crippen LogP contribution in [0.2, 0.25) is 0 Å². The molecule has 1 rings (SSSR count). The summed E-state index contributed by atoms with van der Waals surface area (Å²) in [5.41, 5.74) is 0.460. The molecule has 0 spiro atoms. The summed E-state index contributed by atoms with van der Waals surface area (Å²) >= 11 is 0. The third-order valence-electron chi connectivity index (χ3n) is 2.55. The Bertz CT molecular complexity index is 417. The van der Waals surface area contributed by atoms with Crippen LogP contribution in [0.4, 0.5) is 10.1 Å². The van der Waals surface area contributed by atoms with Gasteiger partial charge in [0.15, 0.2) is 0 Å². The minimum absolute atomic E-state index is 0.0689. The molecule has 1 unspecified atom stereocenters. The summed E-state index contributed by atoms with van der Waals surface area (Å²) in [4.78, 5) is 22.5. The van der Waals surface area contributed by atoms with E-state index in [9.17, 15) is 14.0 Å². The lowest BCUT2D eigenvalue weighted by atomic mass is 10.00. The van der Waals surface area contributed by atoms with E-state index in [0.717, 1.165) is 0 Å². The summed E-state index contributed by atoms with van der Waals surface area (Å²) < 4.78 is 12.7. The topological polar surface area (TPSA) is 66.4 Å². The highest BCUT2D eigenvalue weighted by molar-refractivity contribution is 5.93. The molecule has 0 bridgehead atoms. The summed E-state index contributed by atoms with van der Waals surface area (Å²) in [6, 6.07) is 5.33. The Hall–Kier alpha value is -1.91. The van der Waals surface area contributed by atoms with Gasteiger partial charge in [-0.1, -0.05) is 13.3 Å². The Kier molecular flexibility index (Phi) is 5.30. The average molecular weight is 253 g/mol. The molecule has 0 aliphatic heterocycles. The van der Waals surface area contributed by atoms with E-state index >= 15 is 0 Å². The molecule has 1 atom stereocenters. The van der Waals surface area contributed by atoms with E-state index < -0.39 is 11.9 Å². The minimum Gasteiger partial charge on any atom is -0.481 e. The van der Waals surface area contributed by atoms with Gasteiger partial charge < -0.3 is 10.4 Å². The normalized spacial score (nSPS) is 11.9. The molecule has 0 saturated carbocycles. The average Bonchev–Trinajstić information content (AvgIpc) is 2.31. The lowest BCUT2D eigenvalue weighted by Gasteiger charge is -2.11. The van der Waals surface area contributed by atoms with E-state index in [-0.39, 0.29) is 18.1 Å². The smallest absolute Gasteiger partial charge is 0.307 e.